The minimum atomic E-state index is -2.86. The molecule has 0 heterocycles. The summed E-state index contributed by atoms with van der Waals surface area (Å²) < 4.78 is 29.1. The molecule has 5 nitrogen and oxygen atoms in total. The lowest BCUT2D eigenvalue weighted by Crippen LogP contribution is -2.35. The number of amides is 1. The van der Waals surface area contributed by atoms with Crippen molar-refractivity contribution in [2.24, 2.45) is 11.8 Å². The normalized spacial score (nSPS) is 25.5. The number of hydrogen-bond acceptors (Lipinski definition) is 3. The molecule has 1 aromatic rings. The molecule has 1 fully saturated rings. The fourth-order valence-corrected chi connectivity index (χ4v) is 3.85. The summed E-state index contributed by atoms with van der Waals surface area (Å²) >= 11 is 0. The van der Waals surface area contributed by atoms with Gasteiger partial charge in [-0.25, -0.2) is 0 Å². The Labute approximate surface area is 144 Å². The number of alkyl halides is 2. The molecule has 136 valence electrons. The van der Waals surface area contributed by atoms with Crippen LogP contribution in [0.5, 0.6) is 5.75 Å². The van der Waals surface area contributed by atoms with E-state index in [1.165, 1.54) is 6.07 Å². The number of carboxylic acid groups (broad SMARTS) is 1. The van der Waals surface area contributed by atoms with Crippen LogP contribution in [-0.2, 0) is 16.0 Å². The Morgan fingerprint density at radius 1 is 1.20 bits per heavy atom. The molecular weight excluding hydrogens is 332 g/mol. The number of nitrogens with one attached hydrogen (secondary N) is 1. The van der Waals surface area contributed by atoms with Gasteiger partial charge >= 0.3 is 12.6 Å². The van der Waals surface area contributed by atoms with Gasteiger partial charge in [-0.2, -0.15) is 8.78 Å². The topological polar surface area (TPSA) is 75.6 Å². The first-order valence-electron chi connectivity index (χ1n) is 8.55. The molecule has 25 heavy (non-hydrogen) atoms. The van der Waals surface area contributed by atoms with Gasteiger partial charge in [-0.15, -0.1) is 0 Å². The number of carboxylic acids is 1. The highest BCUT2D eigenvalue weighted by Crippen LogP contribution is 2.35. The molecule has 1 saturated carbocycles. The van der Waals surface area contributed by atoms with Crippen molar-refractivity contribution in [3.8, 4) is 5.75 Å². The van der Waals surface area contributed by atoms with Gasteiger partial charge in [-0.05, 0) is 61.8 Å². The summed E-state index contributed by atoms with van der Waals surface area (Å²) in [6, 6.07) is 4.66. The van der Waals surface area contributed by atoms with Crippen molar-refractivity contribution in [2.45, 2.75) is 51.2 Å². The monoisotopic (exact) mass is 353 g/mol. The third-order valence-corrected chi connectivity index (χ3v) is 5.12. The SMILES string of the molecule is O=C(O)[C@@H]1CC[C@H](C(=O)NC2CCCc3cc(OC(F)F)ccc32)C1. The van der Waals surface area contributed by atoms with E-state index >= 15 is 0 Å². The molecule has 0 aliphatic heterocycles. The quantitative estimate of drug-likeness (QED) is 0.852. The summed E-state index contributed by atoms with van der Waals surface area (Å²) in [6.07, 6.45) is 3.88. The lowest BCUT2D eigenvalue weighted by Gasteiger charge is -2.28. The maximum absolute atomic E-state index is 12.5. The van der Waals surface area contributed by atoms with E-state index in [1.54, 1.807) is 12.1 Å². The zero-order chi connectivity index (χ0) is 18.0. The number of carbonyl (C=O) groups excluding carboxylic acids is 1. The summed E-state index contributed by atoms with van der Waals surface area (Å²) in [7, 11) is 0. The van der Waals surface area contributed by atoms with Crippen LogP contribution in [0.3, 0.4) is 0 Å². The highest BCUT2D eigenvalue weighted by molar-refractivity contribution is 5.81. The van der Waals surface area contributed by atoms with Gasteiger partial charge in [0.25, 0.3) is 0 Å². The van der Waals surface area contributed by atoms with Crippen LogP contribution in [0.1, 0.15) is 49.3 Å². The molecule has 0 saturated heterocycles. The van der Waals surface area contributed by atoms with E-state index in [9.17, 15) is 18.4 Å². The second-order valence-corrected chi connectivity index (χ2v) is 6.74. The Bertz CT molecular complexity index is 664. The van der Waals surface area contributed by atoms with Crippen molar-refractivity contribution in [2.75, 3.05) is 0 Å². The second kappa shape index (κ2) is 7.37. The number of carbonyl (C=O) groups is 2. The molecule has 2 N–H and O–H groups in total. The molecule has 2 aliphatic carbocycles. The van der Waals surface area contributed by atoms with Crippen LogP contribution in [-0.4, -0.2) is 23.6 Å². The standard InChI is InChI=1S/C18H21F2NO4/c19-18(20)25-13-6-7-14-10(9-13)2-1-3-15(14)21-16(22)11-4-5-12(8-11)17(23)24/h6-7,9,11-12,15,18H,1-5,8H2,(H,21,22)(H,23,24)/t11-,12+,15?/m0/s1. The van der Waals surface area contributed by atoms with Crippen molar-refractivity contribution in [3.05, 3.63) is 29.3 Å². The first-order valence-corrected chi connectivity index (χ1v) is 8.55. The fourth-order valence-electron chi connectivity index (χ4n) is 3.85. The molecule has 0 aromatic heterocycles. The van der Waals surface area contributed by atoms with Gasteiger partial charge in [-0.1, -0.05) is 6.07 Å². The Hall–Kier alpha value is -2.18. The molecular formula is C18H21F2NO4. The van der Waals surface area contributed by atoms with Gasteiger partial charge in [0, 0.05) is 5.92 Å². The van der Waals surface area contributed by atoms with Gasteiger partial charge in [0.15, 0.2) is 0 Å². The van der Waals surface area contributed by atoms with E-state index in [0.717, 1.165) is 30.4 Å². The Morgan fingerprint density at radius 2 is 1.96 bits per heavy atom. The Balaban J connectivity index is 1.67. The van der Waals surface area contributed by atoms with Crippen LogP contribution in [0.2, 0.25) is 0 Å². The van der Waals surface area contributed by atoms with Crippen LogP contribution in [0, 0.1) is 11.8 Å². The van der Waals surface area contributed by atoms with Gasteiger partial charge in [-0.3, -0.25) is 9.59 Å². The van der Waals surface area contributed by atoms with Crippen molar-refractivity contribution in [1.82, 2.24) is 5.32 Å². The summed E-state index contributed by atoms with van der Waals surface area (Å²) in [4.78, 5) is 23.5. The van der Waals surface area contributed by atoms with E-state index in [4.69, 9.17) is 5.11 Å². The van der Waals surface area contributed by atoms with Crippen molar-refractivity contribution in [3.63, 3.8) is 0 Å². The zero-order valence-corrected chi connectivity index (χ0v) is 13.7. The van der Waals surface area contributed by atoms with Gasteiger partial charge in [0.05, 0.1) is 12.0 Å². The lowest BCUT2D eigenvalue weighted by molar-refractivity contribution is -0.141. The number of fused-ring (bicyclic) bond motifs is 1. The third kappa shape index (κ3) is 4.08. The number of benzene rings is 1. The number of aryl methyl sites for hydroxylation is 1. The molecule has 3 rings (SSSR count). The van der Waals surface area contributed by atoms with Crippen LogP contribution < -0.4 is 10.1 Å². The number of halogens is 2. The number of hydrogen-bond donors (Lipinski definition) is 2. The number of rotatable bonds is 5. The highest BCUT2D eigenvalue weighted by atomic mass is 19.3. The van der Waals surface area contributed by atoms with E-state index in [2.05, 4.69) is 10.1 Å². The molecule has 3 atom stereocenters. The summed E-state index contributed by atoms with van der Waals surface area (Å²) in [5.41, 5.74) is 1.83. The van der Waals surface area contributed by atoms with Crippen LogP contribution in [0.15, 0.2) is 18.2 Å². The van der Waals surface area contributed by atoms with Crippen LogP contribution >= 0.6 is 0 Å². The van der Waals surface area contributed by atoms with Gasteiger partial charge in [0.1, 0.15) is 5.75 Å². The van der Waals surface area contributed by atoms with Crippen LogP contribution in [0.4, 0.5) is 8.78 Å². The third-order valence-electron chi connectivity index (χ3n) is 5.12. The van der Waals surface area contributed by atoms with E-state index < -0.39 is 18.5 Å². The fraction of sp³-hybridized carbons (Fsp3) is 0.556. The number of ether oxygens (including phenoxy) is 1. The van der Waals surface area contributed by atoms with E-state index in [-0.39, 0.29) is 23.6 Å². The van der Waals surface area contributed by atoms with E-state index in [0.29, 0.717) is 19.3 Å². The number of aliphatic carboxylic acids is 1. The molecule has 0 spiro atoms. The first kappa shape index (κ1) is 17.6. The molecule has 0 bridgehead atoms. The summed E-state index contributed by atoms with van der Waals surface area (Å²) in [5.74, 6) is -1.54. The smallest absolute Gasteiger partial charge is 0.387 e. The second-order valence-electron chi connectivity index (χ2n) is 6.74. The summed E-state index contributed by atoms with van der Waals surface area (Å²) in [5, 5.41) is 12.1. The maximum Gasteiger partial charge on any atom is 0.387 e. The molecule has 1 amide bonds. The first-order chi connectivity index (χ1) is 11.9. The molecule has 7 heteroatoms. The molecule has 1 aromatic carbocycles. The minimum absolute atomic E-state index is 0.116. The van der Waals surface area contributed by atoms with Crippen molar-refractivity contribution >= 4 is 11.9 Å². The minimum Gasteiger partial charge on any atom is -0.481 e. The predicted octanol–water partition coefficient (Wildman–Crippen LogP) is 3.28. The average Bonchev–Trinajstić information content (AvgIpc) is 3.04. The predicted molar refractivity (Wildman–Crippen MR) is 85.4 cm³/mol. The average molecular weight is 353 g/mol. The zero-order valence-electron chi connectivity index (χ0n) is 13.7. The van der Waals surface area contributed by atoms with Crippen molar-refractivity contribution in [1.29, 1.82) is 0 Å². The molecule has 2 aliphatic rings. The largest absolute Gasteiger partial charge is 0.481 e. The van der Waals surface area contributed by atoms with Gasteiger partial charge < -0.3 is 15.2 Å². The lowest BCUT2D eigenvalue weighted by atomic mass is 9.87. The Kier molecular flexibility index (Phi) is 5.20. The maximum atomic E-state index is 12.5. The van der Waals surface area contributed by atoms with Gasteiger partial charge in [0.2, 0.25) is 5.91 Å². The van der Waals surface area contributed by atoms with E-state index in [1.807, 2.05) is 0 Å². The Morgan fingerprint density at radius 3 is 2.64 bits per heavy atom. The molecule has 0 radical (unpaired) electrons. The van der Waals surface area contributed by atoms with Crippen LogP contribution in [0.25, 0.3) is 0 Å². The van der Waals surface area contributed by atoms with Crippen molar-refractivity contribution < 1.29 is 28.2 Å². The molecule has 1 unspecified atom stereocenters. The summed E-state index contributed by atoms with van der Waals surface area (Å²) in [6.45, 7) is -2.86. The highest BCUT2D eigenvalue weighted by Gasteiger charge is 2.35.